The number of methoxy groups -OCH3 is 1. The molecular formula is C24H27BrN4O2S2. The standard InChI is InChI=1S/C24H27BrN4O2S2/c1-13-5-10-18-19(11-13)33-22(20(18)23(30)31-4)27-24(32)26-21-14(2)28-29(15(21)3)12-16-6-8-17(25)9-7-16/h6-9,13H,5,10-12H2,1-4H3,(H2,26,27,32). The van der Waals surface area contributed by atoms with Crippen LogP contribution in [0.15, 0.2) is 28.7 Å². The molecule has 2 aromatic heterocycles. The van der Waals surface area contributed by atoms with E-state index in [1.165, 1.54) is 12.0 Å². The number of carbonyl (C=O) groups is 1. The first-order chi connectivity index (χ1) is 15.8. The van der Waals surface area contributed by atoms with Crippen LogP contribution >= 0.6 is 39.5 Å². The van der Waals surface area contributed by atoms with Crippen LogP contribution in [0.2, 0.25) is 0 Å². The van der Waals surface area contributed by atoms with Gasteiger partial charge in [-0.2, -0.15) is 5.10 Å². The van der Waals surface area contributed by atoms with Gasteiger partial charge in [-0.3, -0.25) is 4.68 Å². The zero-order valence-electron chi connectivity index (χ0n) is 19.1. The largest absolute Gasteiger partial charge is 0.465 e. The molecule has 1 aromatic carbocycles. The van der Waals surface area contributed by atoms with E-state index in [1.54, 1.807) is 11.3 Å². The summed E-state index contributed by atoms with van der Waals surface area (Å²) in [6.07, 6.45) is 2.94. The van der Waals surface area contributed by atoms with Gasteiger partial charge in [0, 0.05) is 9.35 Å². The lowest BCUT2D eigenvalue weighted by Crippen LogP contribution is -2.21. The van der Waals surface area contributed by atoms with Gasteiger partial charge >= 0.3 is 5.97 Å². The number of nitrogens with zero attached hydrogens (tertiary/aromatic N) is 2. The second-order valence-electron chi connectivity index (χ2n) is 8.46. The van der Waals surface area contributed by atoms with Gasteiger partial charge in [-0.1, -0.05) is 35.0 Å². The third-order valence-corrected chi connectivity index (χ3v) is 7.90. The van der Waals surface area contributed by atoms with Crippen LogP contribution in [0.4, 0.5) is 10.7 Å². The topological polar surface area (TPSA) is 68.2 Å². The number of esters is 1. The van der Waals surface area contributed by atoms with E-state index in [9.17, 15) is 4.79 Å². The van der Waals surface area contributed by atoms with Crippen LogP contribution in [-0.2, 0) is 24.1 Å². The molecule has 6 nitrogen and oxygen atoms in total. The SMILES string of the molecule is COC(=O)c1c(NC(=S)Nc2c(C)nn(Cc3ccc(Br)cc3)c2C)sc2c1CCC(C)C2. The van der Waals surface area contributed by atoms with Gasteiger partial charge in [0.1, 0.15) is 5.00 Å². The number of thiocarbonyl (C=S) groups is 1. The minimum Gasteiger partial charge on any atom is -0.465 e. The van der Waals surface area contributed by atoms with Crippen LogP contribution in [0.25, 0.3) is 0 Å². The van der Waals surface area contributed by atoms with Crippen LogP contribution in [0, 0.1) is 19.8 Å². The number of rotatable bonds is 5. The highest BCUT2D eigenvalue weighted by Gasteiger charge is 2.28. The fraction of sp³-hybridized carbons (Fsp3) is 0.375. The molecule has 0 bridgehead atoms. The smallest absolute Gasteiger partial charge is 0.341 e. The van der Waals surface area contributed by atoms with Crippen molar-refractivity contribution in [1.29, 1.82) is 0 Å². The summed E-state index contributed by atoms with van der Waals surface area (Å²) in [4.78, 5) is 13.8. The van der Waals surface area contributed by atoms with Crippen LogP contribution in [0.3, 0.4) is 0 Å². The quantitative estimate of drug-likeness (QED) is 0.298. The molecule has 0 spiro atoms. The van der Waals surface area contributed by atoms with Crippen molar-refractivity contribution in [3.05, 3.63) is 61.7 Å². The number of hydrogen-bond donors (Lipinski definition) is 2. The second-order valence-corrected chi connectivity index (χ2v) is 10.9. The monoisotopic (exact) mass is 546 g/mol. The number of halogens is 1. The first-order valence-electron chi connectivity index (χ1n) is 10.9. The fourth-order valence-electron chi connectivity index (χ4n) is 4.20. The summed E-state index contributed by atoms with van der Waals surface area (Å²) in [7, 11) is 1.42. The van der Waals surface area contributed by atoms with Crippen LogP contribution in [0.1, 0.15) is 51.1 Å². The molecule has 0 aliphatic heterocycles. The maximum Gasteiger partial charge on any atom is 0.341 e. The van der Waals surface area contributed by atoms with E-state index in [1.807, 2.05) is 30.7 Å². The number of hydrogen-bond acceptors (Lipinski definition) is 5. The summed E-state index contributed by atoms with van der Waals surface area (Å²) in [5.41, 5.74) is 5.61. The Kier molecular flexibility index (Phi) is 7.21. The van der Waals surface area contributed by atoms with Gasteiger partial charge < -0.3 is 15.4 Å². The molecule has 1 unspecified atom stereocenters. The van der Waals surface area contributed by atoms with Crippen molar-refractivity contribution in [3.8, 4) is 0 Å². The van der Waals surface area contributed by atoms with Crippen molar-refractivity contribution in [2.24, 2.45) is 5.92 Å². The molecule has 33 heavy (non-hydrogen) atoms. The first-order valence-corrected chi connectivity index (χ1v) is 12.9. The van der Waals surface area contributed by atoms with Crippen molar-refractivity contribution in [2.75, 3.05) is 17.7 Å². The molecule has 0 saturated carbocycles. The number of ether oxygens (including phenoxy) is 1. The molecule has 2 N–H and O–H groups in total. The minimum atomic E-state index is -0.318. The highest BCUT2D eigenvalue weighted by Crippen LogP contribution is 2.40. The zero-order chi connectivity index (χ0) is 23.7. The Morgan fingerprint density at radius 1 is 1.30 bits per heavy atom. The minimum absolute atomic E-state index is 0.318. The van der Waals surface area contributed by atoms with E-state index in [0.29, 0.717) is 23.1 Å². The molecule has 1 aliphatic carbocycles. The van der Waals surface area contributed by atoms with E-state index >= 15 is 0 Å². The molecule has 2 heterocycles. The third-order valence-electron chi connectivity index (χ3n) is 5.99. The average Bonchev–Trinajstić information content (AvgIpc) is 3.25. The van der Waals surface area contributed by atoms with Gasteiger partial charge in [0.05, 0.1) is 36.3 Å². The van der Waals surface area contributed by atoms with Gasteiger partial charge in [-0.25, -0.2) is 4.79 Å². The van der Waals surface area contributed by atoms with Gasteiger partial charge in [0.2, 0.25) is 0 Å². The van der Waals surface area contributed by atoms with Gasteiger partial charge in [-0.05, 0) is 74.5 Å². The summed E-state index contributed by atoms with van der Waals surface area (Å²) in [6, 6.07) is 8.21. The number of aryl methyl sites for hydroxylation is 1. The van der Waals surface area contributed by atoms with Crippen molar-refractivity contribution in [1.82, 2.24) is 9.78 Å². The van der Waals surface area contributed by atoms with E-state index < -0.39 is 0 Å². The zero-order valence-corrected chi connectivity index (χ0v) is 22.3. The number of aromatic nitrogens is 2. The molecule has 0 radical (unpaired) electrons. The normalized spacial score (nSPS) is 15.1. The van der Waals surface area contributed by atoms with Crippen LogP contribution in [0.5, 0.6) is 0 Å². The lowest BCUT2D eigenvalue weighted by molar-refractivity contribution is 0.0601. The van der Waals surface area contributed by atoms with Gasteiger partial charge in [0.15, 0.2) is 5.11 Å². The lowest BCUT2D eigenvalue weighted by Gasteiger charge is -2.18. The molecule has 1 aliphatic rings. The summed E-state index contributed by atoms with van der Waals surface area (Å²) in [5, 5.41) is 12.4. The number of benzene rings is 1. The van der Waals surface area contributed by atoms with E-state index in [0.717, 1.165) is 56.9 Å². The summed E-state index contributed by atoms with van der Waals surface area (Å²) in [6.45, 7) is 6.90. The van der Waals surface area contributed by atoms with Crippen molar-refractivity contribution in [2.45, 2.75) is 46.6 Å². The Bertz CT molecular complexity index is 1200. The first kappa shape index (κ1) is 23.9. The molecule has 0 amide bonds. The Morgan fingerprint density at radius 3 is 2.73 bits per heavy atom. The molecule has 0 fully saturated rings. The summed E-state index contributed by atoms with van der Waals surface area (Å²) in [5.74, 6) is 0.295. The highest BCUT2D eigenvalue weighted by molar-refractivity contribution is 9.10. The Labute approximate surface area is 211 Å². The lowest BCUT2D eigenvalue weighted by atomic mass is 9.88. The van der Waals surface area contributed by atoms with E-state index in [-0.39, 0.29) is 5.97 Å². The predicted octanol–water partition coefficient (Wildman–Crippen LogP) is 6.09. The molecule has 174 valence electrons. The van der Waals surface area contributed by atoms with E-state index in [2.05, 4.69) is 45.6 Å². The number of anilines is 2. The predicted molar refractivity (Wildman–Crippen MR) is 142 cm³/mol. The van der Waals surface area contributed by atoms with E-state index in [4.69, 9.17) is 22.1 Å². The van der Waals surface area contributed by atoms with Crippen molar-refractivity contribution >= 4 is 61.3 Å². The van der Waals surface area contributed by atoms with Crippen LogP contribution in [-0.4, -0.2) is 28.0 Å². The maximum absolute atomic E-state index is 12.6. The number of nitrogens with one attached hydrogen (secondary N) is 2. The summed E-state index contributed by atoms with van der Waals surface area (Å²) < 4.78 is 8.10. The molecular weight excluding hydrogens is 520 g/mol. The van der Waals surface area contributed by atoms with Crippen molar-refractivity contribution < 1.29 is 9.53 Å². The Balaban J connectivity index is 1.53. The highest BCUT2D eigenvalue weighted by atomic mass is 79.9. The average molecular weight is 548 g/mol. The van der Waals surface area contributed by atoms with Gasteiger partial charge in [-0.15, -0.1) is 11.3 Å². The molecule has 9 heteroatoms. The van der Waals surface area contributed by atoms with Gasteiger partial charge in [0.25, 0.3) is 0 Å². The number of thiophene rings is 1. The molecule has 0 saturated heterocycles. The van der Waals surface area contributed by atoms with Crippen LogP contribution < -0.4 is 10.6 Å². The Hall–Kier alpha value is -2.23. The molecule has 4 rings (SSSR count). The second kappa shape index (κ2) is 9.95. The van der Waals surface area contributed by atoms with Crippen molar-refractivity contribution in [3.63, 3.8) is 0 Å². The Morgan fingerprint density at radius 2 is 2.03 bits per heavy atom. The number of fused-ring (bicyclic) bond motifs is 1. The number of carbonyl (C=O) groups excluding carboxylic acids is 1. The molecule has 1 atom stereocenters. The molecule has 3 aromatic rings. The third kappa shape index (κ3) is 5.15. The fourth-order valence-corrected chi connectivity index (χ4v) is 6.14. The summed E-state index contributed by atoms with van der Waals surface area (Å²) >= 11 is 10.7. The maximum atomic E-state index is 12.6.